The quantitative estimate of drug-likeness (QED) is 0.893. The molecule has 1 heterocycles. The Kier molecular flexibility index (Phi) is 5.27. The van der Waals surface area contributed by atoms with Crippen molar-refractivity contribution in [3.05, 3.63) is 28.3 Å². The topological polar surface area (TPSA) is 58.6 Å². The van der Waals surface area contributed by atoms with Gasteiger partial charge in [0.25, 0.3) is 0 Å². The molecule has 0 saturated carbocycles. The lowest BCUT2D eigenvalue weighted by molar-refractivity contribution is 0.181. The van der Waals surface area contributed by atoms with Gasteiger partial charge in [-0.05, 0) is 43.7 Å². The smallest absolute Gasteiger partial charge is 0.243 e. The molecule has 1 aliphatic heterocycles. The zero-order valence-electron chi connectivity index (χ0n) is 12.5. The van der Waals surface area contributed by atoms with Gasteiger partial charge < -0.3 is 10.1 Å². The van der Waals surface area contributed by atoms with E-state index >= 15 is 0 Å². The van der Waals surface area contributed by atoms with Crippen molar-refractivity contribution < 1.29 is 13.2 Å². The maximum atomic E-state index is 12.8. The molecule has 1 fully saturated rings. The van der Waals surface area contributed by atoms with Gasteiger partial charge in [0, 0.05) is 25.2 Å². The summed E-state index contributed by atoms with van der Waals surface area (Å²) in [5, 5.41) is 3.46. The normalized spacial score (nSPS) is 19.4. The molecule has 0 spiro atoms. The maximum Gasteiger partial charge on any atom is 0.243 e. The van der Waals surface area contributed by atoms with Crippen molar-refractivity contribution in [1.82, 2.24) is 9.62 Å². The van der Waals surface area contributed by atoms with Crippen LogP contribution in [0.15, 0.2) is 17.0 Å². The lowest BCUT2D eigenvalue weighted by Crippen LogP contribution is -2.37. The Labute approximate surface area is 131 Å². The fourth-order valence-electron chi connectivity index (χ4n) is 2.51. The zero-order valence-corrected chi connectivity index (χ0v) is 14.1. The molecule has 0 radical (unpaired) electrons. The molecule has 0 aromatic heterocycles. The monoisotopic (exact) mass is 332 g/mol. The number of likely N-dealkylation sites (N-methyl/N-ethyl adjacent to an activating group) is 1. The minimum Gasteiger partial charge on any atom is -0.380 e. The number of rotatable bonds is 5. The highest BCUT2D eigenvalue weighted by Crippen LogP contribution is 2.28. The van der Waals surface area contributed by atoms with E-state index in [1.807, 2.05) is 14.0 Å². The number of nitrogens with zero attached hydrogens (tertiary/aromatic N) is 1. The van der Waals surface area contributed by atoms with E-state index in [2.05, 4.69) is 5.32 Å². The Morgan fingerprint density at radius 1 is 1.48 bits per heavy atom. The van der Waals surface area contributed by atoms with Crippen LogP contribution in [0.5, 0.6) is 0 Å². The van der Waals surface area contributed by atoms with Crippen LogP contribution >= 0.6 is 11.6 Å². The molecular weight excluding hydrogens is 312 g/mol. The van der Waals surface area contributed by atoms with Crippen molar-refractivity contribution in [1.29, 1.82) is 0 Å². The molecule has 1 N–H and O–H groups in total. The van der Waals surface area contributed by atoms with Crippen molar-refractivity contribution in [2.24, 2.45) is 0 Å². The van der Waals surface area contributed by atoms with E-state index in [0.717, 1.165) is 17.5 Å². The summed E-state index contributed by atoms with van der Waals surface area (Å²) in [6.45, 7) is 3.43. The Balaban J connectivity index is 2.43. The van der Waals surface area contributed by atoms with Crippen LogP contribution in [0, 0.1) is 6.92 Å². The third kappa shape index (κ3) is 3.40. The predicted octanol–water partition coefficient (Wildman–Crippen LogP) is 1.78. The fraction of sp³-hybridized carbons (Fsp3) is 0.571. The Morgan fingerprint density at radius 2 is 2.19 bits per heavy atom. The van der Waals surface area contributed by atoms with E-state index in [-0.39, 0.29) is 10.9 Å². The molecule has 5 nitrogen and oxygen atoms in total. The minimum atomic E-state index is -3.58. The maximum absolute atomic E-state index is 12.8. The average molecular weight is 333 g/mol. The van der Waals surface area contributed by atoms with Crippen LogP contribution in [0.4, 0.5) is 0 Å². The summed E-state index contributed by atoms with van der Waals surface area (Å²) in [4.78, 5) is 0.273. The van der Waals surface area contributed by atoms with Gasteiger partial charge in [0.1, 0.15) is 0 Å². The number of nitrogens with one attached hydrogen (secondary N) is 1. The Bertz CT molecular complexity index is 613. The fourth-order valence-corrected chi connectivity index (χ4v) is 4.48. The first kappa shape index (κ1) is 16.7. The highest BCUT2D eigenvalue weighted by atomic mass is 35.5. The van der Waals surface area contributed by atoms with Gasteiger partial charge >= 0.3 is 0 Å². The number of sulfonamides is 1. The van der Waals surface area contributed by atoms with Crippen LogP contribution in [0.25, 0.3) is 0 Å². The van der Waals surface area contributed by atoms with Crippen LogP contribution in [0.3, 0.4) is 0 Å². The van der Waals surface area contributed by atoms with E-state index < -0.39 is 10.0 Å². The third-order valence-electron chi connectivity index (χ3n) is 3.88. The van der Waals surface area contributed by atoms with Gasteiger partial charge in [-0.1, -0.05) is 11.6 Å². The molecule has 0 bridgehead atoms. The number of benzene rings is 1. The first-order chi connectivity index (χ1) is 9.87. The van der Waals surface area contributed by atoms with Gasteiger partial charge in [0.05, 0.1) is 17.5 Å². The summed E-state index contributed by atoms with van der Waals surface area (Å²) < 4.78 is 32.4. The lowest BCUT2D eigenvalue weighted by atomic mass is 10.1. The molecule has 1 aromatic rings. The van der Waals surface area contributed by atoms with Gasteiger partial charge in [0.15, 0.2) is 0 Å². The second-order valence-corrected chi connectivity index (χ2v) is 7.66. The van der Waals surface area contributed by atoms with Crippen LogP contribution in [0.2, 0.25) is 5.02 Å². The van der Waals surface area contributed by atoms with Crippen molar-refractivity contribution in [3.8, 4) is 0 Å². The Morgan fingerprint density at radius 3 is 2.76 bits per heavy atom. The molecule has 0 amide bonds. The molecule has 2 rings (SSSR count). The molecule has 7 heteroatoms. The highest BCUT2D eigenvalue weighted by molar-refractivity contribution is 7.89. The third-order valence-corrected chi connectivity index (χ3v) is 6.13. The predicted molar refractivity (Wildman–Crippen MR) is 83.1 cm³/mol. The summed E-state index contributed by atoms with van der Waals surface area (Å²) in [6, 6.07) is 3.21. The SMILES string of the molecule is CNCc1cc(Cl)cc(S(=O)(=O)N(C)C2CCOC2)c1C. The molecule has 118 valence electrons. The number of ether oxygens (including phenoxy) is 1. The van der Waals surface area contributed by atoms with Crippen molar-refractivity contribution >= 4 is 21.6 Å². The second kappa shape index (κ2) is 6.62. The van der Waals surface area contributed by atoms with Crippen molar-refractivity contribution in [3.63, 3.8) is 0 Å². The van der Waals surface area contributed by atoms with Crippen molar-refractivity contribution in [2.75, 3.05) is 27.3 Å². The summed E-state index contributed by atoms with van der Waals surface area (Å²) in [5.74, 6) is 0. The molecule has 1 atom stereocenters. The molecular formula is C14H21ClN2O3S. The minimum absolute atomic E-state index is 0.110. The van der Waals surface area contributed by atoms with E-state index in [1.165, 1.54) is 10.4 Å². The molecule has 1 aromatic carbocycles. The van der Waals surface area contributed by atoms with E-state index in [9.17, 15) is 8.42 Å². The number of hydrogen-bond donors (Lipinski definition) is 1. The first-order valence-corrected chi connectivity index (χ1v) is 8.69. The molecule has 0 aliphatic carbocycles. The second-order valence-electron chi connectivity index (χ2n) is 5.26. The van der Waals surface area contributed by atoms with Gasteiger partial charge in [-0.25, -0.2) is 8.42 Å². The highest BCUT2D eigenvalue weighted by Gasteiger charge is 2.32. The molecule has 1 aliphatic rings. The van der Waals surface area contributed by atoms with E-state index in [4.69, 9.17) is 16.3 Å². The first-order valence-electron chi connectivity index (χ1n) is 6.87. The summed E-state index contributed by atoms with van der Waals surface area (Å²) >= 11 is 6.09. The van der Waals surface area contributed by atoms with Gasteiger partial charge in [-0.2, -0.15) is 4.31 Å². The largest absolute Gasteiger partial charge is 0.380 e. The zero-order chi connectivity index (χ0) is 15.6. The summed E-state index contributed by atoms with van der Waals surface area (Å²) in [7, 11) is -0.155. The molecule has 21 heavy (non-hydrogen) atoms. The van der Waals surface area contributed by atoms with Gasteiger partial charge in [-0.15, -0.1) is 0 Å². The molecule has 1 unspecified atom stereocenters. The van der Waals surface area contributed by atoms with Crippen LogP contribution in [-0.4, -0.2) is 46.1 Å². The standard InChI is InChI=1S/C14H21ClN2O3S/c1-10-11(8-16-2)6-12(15)7-14(10)21(18,19)17(3)13-4-5-20-9-13/h6-7,13,16H,4-5,8-9H2,1-3H3. The number of hydrogen-bond acceptors (Lipinski definition) is 4. The van der Waals surface area contributed by atoms with E-state index in [0.29, 0.717) is 24.8 Å². The van der Waals surface area contributed by atoms with Crippen molar-refractivity contribution in [2.45, 2.75) is 30.8 Å². The van der Waals surface area contributed by atoms with Gasteiger partial charge in [-0.3, -0.25) is 0 Å². The summed E-state index contributed by atoms with van der Waals surface area (Å²) in [5.41, 5.74) is 1.62. The average Bonchev–Trinajstić information content (AvgIpc) is 2.95. The summed E-state index contributed by atoms with van der Waals surface area (Å²) in [6.07, 6.45) is 0.721. The Hall–Kier alpha value is -0.660. The van der Waals surface area contributed by atoms with Crippen LogP contribution in [-0.2, 0) is 21.3 Å². The van der Waals surface area contributed by atoms with Gasteiger partial charge in [0.2, 0.25) is 10.0 Å². The number of halogens is 1. The van der Waals surface area contributed by atoms with E-state index in [1.54, 1.807) is 13.1 Å². The lowest BCUT2D eigenvalue weighted by Gasteiger charge is -2.24. The van der Waals surface area contributed by atoms with Crippen LogP contribution < -0.4 is 5.32 Å². The van der Waals surface area contributed by atoms with Crippen LogP contribution in [0.1, 0.15) is 17.5 Å². The molecule has 1 saturated heterocycles.